The molecule has 26 heavy (non-hydrogen) atoms. The minimum atomic E-state index is -1.07. The summed E-state index contributed by atoms with van der Waals surface area (Å²) in [6.45, 7) is 5.69. The molecule has 0 unspecified atom stereocenters. The van der Waals surface area contributed by atoms with E-state index >= 15 is 0 Å². The van der Waals surface area contributed by atoms with Crippen LogP contribution in [-0.2, 0) is 11.2 Å². The molecule has 0 aliphatic carbocycles. The number of amides is 2. The second-order valence-electron chi connectivity index (χ2n) is 6.97. The molecule has 2 rings (SSSR count). The molecule has 0 bridgehead atoms. The Bertz CT molecular complexity index is 820. The van der Waals surface area contributed by atoms with Crippen LogP contribution in [-0.4, -0.2) is 28.4 Å². The minimum Gasteiger partial charge on any atom is -0.478 e. The van der Waals surface area contributed by atoms with E-state index in [0.717, 1.165) is 0 Å². The molecule has 0 saturated carbocycles. The summed E-state index contributed by atoms with van der Waals surface area (Å²) in [5.41, 5.74) is 1.25. The van der Waals surface area contributed by atoms with E-state index in [1.54, 1.807) is 42.5 Å². The molecule has 0 fully saturated rings. The molecular weight excluding hydrogens is 332 g/mol. The van der Waals surface area contributed by atoms with Gasteiger partial charge in [-0.05, 0) is 56.7 Å². The zero-order chi connectivity index (χ0) is 19.3. The second-order valence-corrected chi connectivity index (χ2v) is 6.97. The zero-order valence-electron chi connectivity index (χ0n) is 15.0. The Morgan fingerprint density at radius 2 is 1.58 bits per heavy atom. The molecule has 0 atom stereocenters. The van der Waals surface area contributed by atoms with Gasteiger partial charge in [-0.2, -0.15) is 0 Å². The average Bonchev–Trinajstić information content (AvgIpc) is 2.54. The fraction of sp³-hybridized carbons (Fsp3) is 0.250. The molecule has 0 spiro atoms. The molecule has 3 N–H and O–H groups in total. The first-order valence-corrected chi connectivity index (χ1v) is 8.19. The van der Waals surface area contributed by atoms with Crippen molar-refractivity contribution in [3.63, 3.8) is 0 Å². The smallest absolute Gasteiger partial charge is 0.335 e. The van der Waals surface area contributed by atoms with E-state index in [1.807, 2.05) is 20.8 Å². The molecule has 2 aromatic rings. The summed E-state index contributed by atoms with van der Waals surface area (Å²) in [7, 11) is 0. The number of hydrogen-bond acceptors (Lipinski definition) is 3. The Hall–Kier alpha value is -3.15. The highest BCUT2D eigenvalue weighted by Crippen LogP contribution is 2.14. The van der Waals surface area contributed by atoms with Crippen LogP contribution in [0.4, 0.5) is 5.69 Å². The lowest BCUT2D eigenvalue weighted by atomic mass is 10.0. The quantitative estimate of drug-likeness (QED) is 0.769. The van der Waals surface area contributed by atoms with Gasteiger partial charge in [-0.3, -0.25) is 9.59 Å². The number of carboxylic acid groups (broad SMARTS) is 1. The van der Waals surface area contributed by atoms with E-state index in [1.165, 1.54) is 6.07 Å². The molecule has 0 aromatic heterocycles. The van der Waals surface area contributed by atoms with Crippen molar-refractivity contribution in [3.05, 3.63) is 65.2 Å². The SMILES string of the molecule is CC(C)(C)NC(=O)c1ccc(NC(=O)Cc2ccccc2C(=O)O)cc1. The van der Waals surface area contributed by atoms with Crippen molar-refractivity contribution in [1.29, 1.82) is 0 Å². The summed E-state index contributed by atoms with van der Waals surface area (Å²) in [5.74, 6) is -1.58. The van der Waals surface area contributed by atoms with Gasteiger partial charge < -0.3 is 15.7 Å². The summed E-state index contributed by atoms with van der Waals surface area (Å²) in [5, 5.41) is 14.7. The Labute approximate surface area is 152 Å². The largest absolute Gasteiger partial charge is 0.478 e. The first-order valence-electron chi connectivity index (χ1n) is 8.19. The van der Waals surface area contributed by atoms with Crippen LogP contribution >= 0.6 is 0 Å². The summed E-state index contributed by atoms with van der Waals surface area (Å²) < 4.78 is 0. The average molecular weight is 354 g/mol. The summed E-state index contributed by atoms with van der Waals surface area (Å²) in [6, 6.07) is 12.9. The number of rotatable bonds is 5. The molecular formula is C20H22N2O4. The van der Waals surface area contributed by atoms with Crippen molar-refractivity contribution in [1.82, 2.24) is 5.32 Å². The molecule has 136 valence electrons. The maximum atomic E-state index is 12.2. The third-order valence-corrected chi connectivity index (χ3v) is 3.52. The van der Waals surface area contributed by atoms with Crippen LogP contribution in [0.15, 0.2) is 48.5 Å². The highest BCUT2D eigenvalue weighted by Gasteiger charge is 2.16. The molecule has 0 saturated heterocycles. The van der Waals surface area contributed by atoms with Crippen LogP contribution < -0.4 is 10.6 Å². The van der Waals surface area contributed by atoms with E-state index in [-0.39, 0.29) is 29.3 Å². The van der Waals surface area contributed by atoms with Gasteiger partial charge in [-0.25, -0.2) is 4.79 Å². The van der Waals surface area contributed by atoms with Gasteiger partial charge in [0, 0.05) is 16.8 Å². The van der Waals surface area contributed by atoms with Crippen LogP contribution in [0, 0.1) is 0 Å². The molecule has 0 radical (unpaired) electrons. The Balaban J connectivity index is 2.02. The molecule has 2 aromatic carbocycles. The number of benzene rings is 2. The number of carbonyl (C=O) groups excluding carboxylic acids is 2. The van der Waals surface area contributed by atoms with Crippen molar-refractivity contribution in [2.45, 2.75) is 32.7 Å². The topological polar surface area (TPSA) is 95.5 Å². The third kappa shape index (κ3) is 5.44. The fourth-order valence-electron chi connectivity index (χ4n) is 2.38. The van der Waals surface area contributed by atoms with Crippen molar-refractivity contribution in [2.24, 2.45) is 0 Å². The van der Waals surface area contributed by atoms with Gasteiger partial charge in [0.15, 0.2) is 0 Å². The van der Waals surface area contributed by atoms with Gasteiger partial charge in [0.25, 0.3) is 5.91 Å². The van der Waals surface area contributed by atoms with Crippen LogP contribution in [0.5, 0.6) is 0 Å². The van der Waals surface area contributed by atoms with Crippen molar-refractivity contribution < 1.29 is 19.5 Å². The van der Waals surface area contributed by atoms with Crippen molar-refractivity contribution >= 4 is 23.5 Å². The van der Waals surface area contributed by atoms with Gasteiger partial charge in [-0.15, -0.1) is 0 Å². The Morgan fingerprint density at radius 3 is 2.15 bits per heavy atom. The Morgan fingerprint density at radius 1 is 0.962 bits per heavy atom. The van der Waals surface area contributed by atoms with Crippen LogP contribution in [0.2, 0.25) is 0 Å². The van der Waals surface area contributed by atoms with Crippen LogP contribution in [0.25, 0.3) is 0 Å². The first kappa shape index (κ1) is 19.2. The minimum absolute atomic E-state index is 0.0469. The lowest BCUT2D eigenvalue weighted by Crippen LogP contribution is -2.40. The van der Waals surface area contributed by atoms with Gasteiger partial charge >= 0.3 is 5.97 Å². The van der Waals surface area contributed by atoms with Gasteiger partial charge in [0.1, 0.15) is 0 Å². The van der Waals surface area contributed by atoms with Gasteiger partial charge in [0.05, 0.1) is 12.0 Å². The highest BCUT2D eigenvalue weighted by molar-refractivity contribution is 5.97. The lowest BCUT2D eigenvalue weighted by molar-refractivity contribution is -0.115. The predicted octanol–water partition coefficient (Wildman–Crippen LogP) is 3.09. The van der Waals surface area contributed by atoms with E-state index in [4.69, 9.17) is 5.11 Å². The third-order valence-electron chi connectivity index (χ3n) is 3.52. The normalized spacial score (nSPS) is 10.9. The summed E-state index contributed by atoms with van der Waals surface area (Å²) in [4.78, 5) is 35.5. The van der Waals surface area contributed by atoms with E-state index in [0.29, 0.717) is 16.8 Å². The molecule has 6 nitrogen and oxygen atoms in total. The highest BCUT2D eigenvalue weighted by atomic mass is 16.4. The molecule has 0 aliphatic rings. The van der Waals surface area contributed by atoms with Crippen LogP contribution in [0.1, 0.15) is 47.1 Å². The number of carbonyl (C=O) groups is 3. The van der Waals surface area contributed by atoms with Gasteiger partial charge in [0.2, 0.25) is 5.91 Å². The standard InChI is InChI=1S/C20H22N2O4/c1-20(2,3)22-18(24)13-8-10-15(11-9-13)21-17(23)12-14-6-4-5-7-16(14)19(25)26/h4-11H,12H2,1-3H3,(H,21,23)(H,22,24)(H,25,26). The number of hydrogen-bond donors (Lipinski definition) is 3. The number of anilines is 1. The second kappa shape index (κ2) is 7.82. The zero-order valence-corrected chi connectivity index (χ0v) is 15.0. The molecule has 2 amide bonds. The van der Waals surface area contributed by atoms with Gasteiger partial charge in [-0.1, -0.05) is 18.2 Å². The van der Waals surface area contributed by atoms with Crippen molar-refractivity contribution in [2.75, 3.05) is 5.32 Å². The predicted molar refractivity (Wildman–Crippen MR) is 99.4 cm³/mol. The number of nitrogens with one attached hydrogen (secondary N) is 2. The monoisotopic (exact) mass is 354 g/mol. The molecule has 6 heteroatoms. The number of carboxylic acids is 1. The summed E-state index contributed by atoms with van der Waals surface area (Å²) >= 11 is 0. The Kier molecular flexibility index (Phi) is 5.77. The van der Waals surface area contributed by atoms with E-state index in [9.17, 15) is 14.4 Å². The maximum Gasteiger partial charge on any atom is 0.335 e. The lowest BCUT2D eigenvalue weighted by Gasteiger charge is -2.20. The first-order chi connectivity index (χ1) is 12.2. The summed E-state index contributed by atoms with van der Waals surface area (Å²) in [6.07, 6.45) is -0.0469. The molecule has 0 heterocycles. The van der Waals surface area contributed by atoms with E-state index in [2.05, 4.69) is 10.6 Å². The molecule has 0 aliphatic heterocycles. The maximum absolute atomic E-state index is 12.2. The fourth-order valence-corrected chi connectivity index (χ4v) is 2.38. The van der Waals surface area contributed by atoms with Crippen molar-refractivity contribution in [3.8, 4) is 0 Å². The van der Waals surface area contributed by atoms with E-state index < -0.39 is 5.97 Å². The number of aromatic carboxylic acids is 1. The van der Waals surface area contributed by atoms with Crippen LogP contribution in [0.3, 0.4) is 0 Å².